The van der Waals surface area contributed by atoms with Crippen LogP contribution in [-0.2, 0) is 13.8 Å². The standard InChI is InChI=1S/C6H13O9P.2K.2H2O/c7-1-2-3(8)4(9)5(10)6(14-2)15-16(11,12)13;;;;/h2-10H,1H2,(H2,11,12,13);;;2*1H2/q;2*+1;;/p-2/t2?,3-,4-,5?,6-;;;;/m1..../s1. The normalized spacial score (nSPS) is 32.8. The van der Waals surface area contributed by atoms with E-state index in [2.05, 4.69) is 9.26 Å². The first-order valence-electron chi connectivity index (χ1n) is 4.27. The van der Waals surface area contributed by atoms with Gasteiger partial charge in [0, 0.05) is 0 Å². The summed E-state index contributed by atoms with van der Waals surface area (Å²) in [7, 11) is -5.41. The third-order valence-electron chi connectivity index (χ3n) is 2.08. The molecule has 0 aromatic rings. The fourth-order valence-corrected chi connectivity index (χ4v) is 1.71. The zero-order valence-electron chi connectivity index (χ0n) is 10.9. The van der Waals surface area contributed by atoms with E-state index in [1.807, 2.05) is 0 Å². The smallest absolute Gasteiger partial charge is 0.790 e. The molecular weight excluding hydrogens is 357 g/mol. The average molecular weight is 372 g/mol. The van der Waals surface area contributed by atoms with Crippen molar-refractivity contribution in [1.29, 1.82) is 0 Å². The van der Waals surface area contributed by atoms with Crippen LogP contribution in [0.4, 0.5) is 0 Å². The number of hydrogen-bond donors (Lipinski definition) is 4. The van der Waals surface area contributed by atoms with Crippen LogP contribution in [0.5, 0.6) is 0 Å². The summed E-state index contributed by atoms with van der Waals surface area (Å²) >= 11 is 0. The average Bonchev–Trinajstić information content (AvgIpc) is 2.17. The largest absolute Gasteiger partial charge is 1.00 e. The predicted molar refractivity (Wildman–Crippen MR) is 49.7 cm³/mol. The summed E-state index contributed by atoms with van der Waals surface area (Å²) in [5, 5.41) is 36.5. The van der Waals surface area contributed by atoms with Crippen molar-refractivity contribution in [2.45, 2.75) is 30.7 Å². The topological polar surface area (TPSA) is 226 Å². The van der Waals surface area contributed by atoms with Gasteiger partial charge in [0.15, 0.2) is 6.29 Å². The molecule has 20 heavy (non-hydrogen) atoms. The van der Waals surface area contributed by atoms with Gasteiger partial charge >= 0.3 is 103 Å². The van der Waals surface area contributed by atoms with Crippen LogP contribution >= 0.6 is 7.82 Å². The molecule has 112 valence electrons. The Morgan fingerprint density at radius 3 is 1.85 bits per heavy atom. The van der Waals surface area contributed by atoms with E-state index in [4.69, 9.17) is 5.11 Å². The molecule has 1 heterocycles. The van der Waals surface area contributed by atoms with Gasteiger partial charge in [-0.2, -0.15) is 0 Å². The first kappa shape index (κ1) is 30.9. The predicted octanol–water partition coefficient (Wildman–Crippen LogP) is -12.0. The van der Waals surface area contributed by atoms with Crippen LogP contribution in [0, 0.1) is 0 Å². The van der Waals surface area contributed by atoms with E-state index in [1.165, 1.54) is 0 Å². The van der Waals surface area contributed by atoms with E-state index >= 15 is 0 Å². The van der Waals surface area contributed by atoms with Crippen LogP contribution in [-0.4, -0.2) is 68.7 Å². The molecule has 2 unspecified atom stereocenters. The van der Waals surface area contributed by atoms with Crippen LogP contribution < -0.4 is 113 Å². The number of phosphoric acid groups is 1. The fraction of sp³-hybridized carbons (Fsp3) is 1.00. The summed E-state index contributed by atoms with van der Waals surface area (Å²) in [4.78, 5) is 20.6. The molecule has 5 atom stereocenters. The monoisotopic (exact) mass is 372 g/mol. The summed E-state index contributed by atoms with van der Waals surface area (Å²) in [5.74, 6) is 0. The summed E-state index contributed by atoms with van der Waals surface area (Å²) in [5.41, 5.74) is 0. The molecule has 0 amide bonds. The summed E-state index contributed by atoms with van der Waals surface area (Å²) in [6.07, 6.45) is -8.61. The van der Waals surface area contributed by atoms with Gasteiger partial charge in [0.25, 0.3) is 0 Å². The molecule has 1 rings (SSSR count). The molecule has 11 nitrogen and oxygen atoms in total. The van der Waals surface area contributed by atoms with Crippen LogP contribution in [0.3, 0.4) is 0 Å². The summed E-state index contributed by atoms with van der Waals surface area (Å²) in [6.45, 7) is -0.743. The Morgan fingerprint density at radius 1 is 1.05 bits per heavy atom. The van der Waals surface area contributed by atoms with Gasteiger partial charge in [-0.25, -0.2) is 0 Å². The molecule has 0 bridgehead atoms. The van der Waals surface area contributed by atoms with E-state index in [1.54, 1.807) is 0 Å². The first-order valence-corrected chi connectivity index (χ1v) is 5.73. The first-order chi connectivity index (χ1) is 7.26. The van der Waals surface area contributed by atoms with Gasteiger partial charge in [-0.3, -0.25) is 0 Å². The van der Waals surface area contributed by atoms with Crippen molar-refractivity contribution in [1.82, 2.24) is 0 Å². The Morgan fingerprint density at radius 2 is 1.50 bits per heavy atom. The van der Waals surface area contributed by atoms with Crippen LogP contribution in [0.2, 0.25) is 0 Å². The Hall–Kier alpha value is 3.10. The number of aliphatic hydroxyl groups is 4. The number of aliphatic hydroxyl groups excluding tert-OH is 4. The molecule has 1 aliphatic rings. The Labute approximate surface area is 199 Å². The van der Waals surface area contributed by atoms with Crippen LogP contribution in [0.25, 0.3) is 0 Å². The van der Waals surface area contributed by atoms with Crippen molar-refractivity contribution in [3.05, 3.63) is 0 Å². The second-order valence-electron chi connectivity index (χ2n) is 3.25. The van der Waals surface area contributed by atoms with Crippen molar-refractivity contribution in [2.24, 2.45) is 0 Å². The third kappa shape index (κ3) is 9.41. The minimum atomic E-state index is -5.41. The number of phosphoric ester groups is 1. The van der Waals surface area contributed by atoms with E-state index in [0.29, 0.717) is 0 Å². The molecule has 0 saturated carbocycles. The van der Waals surface area contributed by atoms with Crippen molar-refractivity contribution in [2.75, 3.05) is 6.61 Å². The van der Waals surface area contributed by atoms with E-state index in [9.17, 15) is 29.7 Å². The second-order valence-corrected chi connectivity index (χ2v) is 4.36. The summed E-state index contributed by atoms with van der Waals surface area (Å²) < 4.78 is 18.7. The van der Waals surface area contributed by atoms with Crippen molar-refractivity contribution in [3.8, 4) is 0 Å². The van der Waals surface area contributed by atoms with Crippen LogP contribution in [0.1, 0.15) is 0 Å². The quantitative estimate of drug-likeness (QED) is 0.272. The fourth-order valence-electron chi connectivity index (χ4n) is 1.28. The zero-order valence-corrected chi connectivity index (χ0v) is 18.0. The van der Waals surface area contributed by atoms with E-state index < -0.39 is 45.1 Å². The minimum Gasteiger partial charge on any atom is -0.790 e. The van der Waals surface area contributed by atoms with Gasteiger partial charge in [-0.05, 0) is 0 Å². The maximum Gasteiger partial charge on any atom is 1.00 e. The minimum absolute atomic E-state index is 0. The number of rotatable bonds is 3. The molecule has 0 radical (unpaired) electrons. The molecule has 1 fully saturated rings. The maximum atomic E-state index is 10.3. The van der Waals surface area contributed by atoms with Gasteiger partial charge in [0.2, 0.25) is 0 Å². The molecule has 0 aliphatic carbocycles. The van der Waals surface area contributed by atoms with Crippen LogP contribution in [0.15, 0.2) is 0 Å². The Kier molecular flexibility index (Phi) is 20.7. The van der Waals surface area contributed by atoms with Crippen molar-refractivity contribution < 1.29 is 158 Å². The second kappa shape index (κ2) is 13.4. The molecule has 8 N–H and O–H groups in total. The molecule has 0 aromatic heterocycles. The Balaban J connectivity index is -0.000000320. The Bertz CT molecular complexity index is 286. The van der Waals surface area contributed by atoms with Crippen molar-refractivity contribution >= 4 is 7.82 Å². The van der Waals surface area contributed by atoms with Gasteiger partial charge in [-0.15, -0.1) is 0 Å². The molecule has 0 spiro atoms. The molecule has 14 heteroatoms. The number of hydrogen-bond acceptors (Lipinski definition) is 9. The molecular formula is C6H15K2O11P. The van der Waals surface area contributed by atoms with E-state index in [-0.39, 0.29) is 114 Å². The van der Waals surface area contributed by atoms with Gasteiger partial charge in [0.1, 0.15) is 24.4 Å². The SMILES string of the molecule is O.O.O=P([O-])([O-])O[C@H]1OC(CO)[C@@H](O)[C@@H](O)C1O.[K+].[K+]. The maximum absolute atomic E-state index is 10.3. The summed E-state index contributed by atoms with van der Waals surface area (Å²) in [6, 6.07) is 0. The van der Waals surface area contributed by atoms with E-state index in [0.717, 1.165) is 0 Å². The molecule has 1 saturated heterocycles. The third-order valence-corrected chi connectivity index (χ3v) is 2.55. The molecule has 1 aliphatic heterocycles. The van der Waals surface area contributed by atoms with Gasteiger partial charge < -0.3 is 55.0 Å². The molecule has 0 aromatic carbocycles. The van der Waals surface area contributed by atoms with Crippen molar-refractivity contribution in [3.63, 3.8) is 0 Å². The number of ether oxygens (including phenoxy) is 1. The van der Waals surface area contributed by atoms with Gasteiger partial charge in [-0.1, -0.05) is 0 Å². The van der Waals surface area contributed by atoms with Gasteiger partial charge in [0.05, 0.1) is 14.4 Å². The zero-order chi connectivity index (χ0) is 12.5.